The standard InChI is InChI=1S/C11H10S.C2H6/c1-8-6-7-11(12)10-5-3-2-4-9(8)10;1-2/h2-7,12H,1H3;1-2H3. The number of aryl methyl sites for hydroxylation is 1. The Bertz CT molecular complexity index is 378. The molecule has 0 aliphatic rings. The molecule has 14 heavy (non-hydrogen) atoms. The Balaban J connectivity index is 0.000000461. The molecule has 0 spiro atoms. The maximum Gasteiger partial charge on any atom is 0.0119 e. The third kappa shape index (κ3) is 2.10. The second kappa shape index (κ2) is 5.06. The topological polar surface area (TPSA) is 0 Å². The Hall–Kier alpha value is -0.950. The Morgan fingerprint density at radius 2 is 1.43 bits per heavy atom. The van der Waals surface area contributed by atoms with Crippen molar-refractivity contribution in [2.75, 3.05) is 0 Å². The zero-order valence-corrected chi connectivity index (χ0v) is 9.81. The summed E-state index contributed by atoms with van der Waals surface area (Å²) in [6, 6.07) is 12.5. The molecule has 0 aliphatic heterocycles. The second-order valence-electron chi connectivity index (χ2n) is 2.95. The molecule has 0 N–H and O–H groups in total. The summed E-state index contributed by atoms with van der Waals surface area (Å²) in [4.78, 5) is 1.05. The zero-order chi connectivity index (χ0) is 10.6. The number of thiol groups is 1. The summed E-state index contributed by atoms with van der Waals surface area (Å²) in [5, 5.41) is 2.53. The van der Waals surface area contributed by atoms with Gasteiger partial charge in [-0.3, -0.25) is 0 Å². The van der Waals surface area contributed by atoms with Gasteiger partial charge in [0.05, 0.1) is 0 Å². The van der Waals surface area contributed by atoms with Crippen LogP contribution in [-0.4, -0.2) is 0 Å². The van der Waals surface area contributed by atoms with Gasteiger partial charge in [0.25, 0.3) is 0 Å². The summed E-state index contributed by atoms with van der Waals surface area (Å²) < 4.78 is 0. The summed E-state index contributed by atoms with van der Waals surface area (Å²) in [7, 11) is 0. The Labute approximate surface area is 91.4 Å². The van der Waals surface area contributed by atoms with Crippen LogP contribution in [0.5, 0.6) is 0 Å². The minimum atomic E-state index is 1.05. The molecule has 0 unspecified atom stereocenters. The van der Waals surface area contributed by atoms with Gasteiger partial charge < -0.3 is 0 Å². The lowest BCUT2D eigenvalue weighted by Crippen LogP contribution is -1.78. The van der Waals surface area contributed by atoms with Crippen molar-refractivity contribution in [1.29, 1.82) is 0 Å². The first kappa shape index (κ1) is 11.1. The van der Waals surface area contributed by atoms with E-state index in [0.29, 0.717) is 0 Å². The molecule has 0 radical (unpaired) electrons. The van der Waals surface area contributed by atoms with E-state index in [9.17, 15) is 0 Å². The van der Waals surface area contributed by atoms with Gasteiger partial charge in [0, 0.05) is 4.90 Å². The van der Waals surface area contributed by atoms with Gasteiger partial charge in [-0.15, -0.1) is 12.6 Å². The van der Waals surface area contributed by atoms with Crippen molar-refractivity contribution < 1.29 is 0 Å². The molecule has 1 heteroatoms. The summed E-state index contributed by atoms with van der Waals surface area (Å²) in [5.74, 6) is 0. The summed E-state index contributed by atoms with van der Waals surface area (Å²) in [6.07, 6.45) is 0. The van der Waals surface area contributed by atoms with Crippen LogP contribution in [0.3, 0.4) is 0 Å². The van der Waals surface area contributed by atoms with E-state index in [0.717, 1.165) is 4.90 Å². The SMILES string of the molecule is CC.Cc1ccc(S)c2ccccc12. The van der Waals surface area contributed by atoms with E-state index in [1.807, 2.05) is 26.0 Å². The molecule has 2 aromatic carbocycles. The van der Waals surface area contributed by atoms with Crippen LogP contribution in [0.25, 0.3) is 10.8 Å². The molecular weight excluding hydrogens is 188 g/mol. The fourth-order valence-corrected chi connectivity index (χ4v) is 1.70. The van der Waals surface area contributed by atoms with Crippen LogP contribution < -0.4 is 0 Å². The number of rotatable bonds is 0. The first-order valence-electron chi connectivity index (χ1n) is 4.96. The van der Waals surface area contributed by atoms with Crippen molar-refractivity contribution >= 4 is 23.4 Å². The normalized spacial score (nSPS) is 9.43. The smallest absolute Gasteiger partial charge is 0.0119 e. The average Bonchev–Trinajstić information content (AvgIpc) is 2.27. The highest BCUT2D eigenvalue weighted by atomic mass is 32.1. The average molecular weight is 204 g/mol. The third-order valence-electron chi connectivity index (χ3n) is 2.12. The van der Waals surface area contributed by atoms with E-state index >= 15 is 0 Å². The van der Waals surface area contributed by atoms with Gasteiger partial charge in [-0.05, 0) is 29.3 Å². The van der Waals surface area contributed by atoms with Crippen LogP contribution in [0.15, 0.2) is 41.3 Å². The van der Waals surface area contributed by atoms with E-state index in [1.165, 1.54) is 16.3 Å². The Kier molecular flexibility index (Phi) is 4.02. The van der Waals surface area contributed by atoms with Gasteiger partial charge in [-0.1, -0.05) is 44.2 Å². The van der Waals surface area contributed by atoms with Gasteiger partial charge in [-0.25, -0.2) is 0 Å². The maximum atomic E-state index is 4.40. The minimum Gasteiger partial charge on any atom is -0.143 e. The van der Waals surface area contributed by atoms with Crippen molar-refractivity contribution in [2.45, 2.75) is 25.7 Å². The fourth-order valence-electron chi connectivity index (χ4n) is 1.43. The molecule has 0 heterocycles. The molecule has 0 aromatic heterocycles. The molecule has 0 saturated heterocycles. The number of fused-ring (bicyclic) bond motifs is 1. The van der Waals surface area contributed by atoms with Crippen molar-refractivity contribution in [1.82, 2.24) is 0 Å². The highest BCUT2D eigenvalue weighted by Gasteiger charge is 1.97. The minimum absolute atomic E-state index is 1.05. The highest BCUT2D eigenvalue weighted by molar-refractivity contribution is 7.80. The molecule has 0 fully saturated rings. The van der Waals surface area contributed by atoms with Gasteiger partial charge in [-0.2, -0.15) is 0 Å². The molecular formula is C13H16S. The number of hydrogen-bond acceptors (Lipinski definition) is 1. The molecule has 2 aromatic rings. The summed E-state index contributed by atoms with van der Waals surface area (Å²) in [6.45, 7) is 6.12. The number of benzene rings is 2. The van der Waals surface area contributed by atoms with E-state index in [-0.39, 0.29) is 0 Å². The molecule has 0 bridgehead atoms. The second-order valence-corrected chi connectivity index (χ2v) is 3.43. The monoisotopic (exact) mass is 204 g/mol. The maximum absolute atomic E-state index is 4.40. The van der Waals surface area contributed by atoms with Crippen LogP contribution in [0.2, 0.25) is 0 Å². The molecule has 2 rings (SSSR count). The Morgan fingerprint density at radius 3 is 2.00 bits per heavy atom. The lowest BCUT2D eigenvalue weighted by Gasteiger charge is -2.03. The van der Waals surface area contributed by atoms with Crippen LogP contribution in [0.4, 0.5) is 0 Å². The first-order chi connectivity index (χ1) is 6.79. The van der Waals surface area contributed by atoms with Gasteiger partial charge in [0.1, 0.15) is 0 Å². The van der Waals surface area contributed by atoms with E-state index in [1.54, 1.807) is 0 Å². The third-order valence-corrected chi connectivity index (χ3v) is 2.51. The largest absolute Gasteiger partial charge is 0.143 e. The fraction of sp³-hybridized carbons (Fsp3) is 0.231. The summed E-state index contributed by atoms with van der Waals surface area (Å²) in [5.41, 5.74) is 1.31. The molecule has 0 saturated carbocycles. The first-order valence-corrected chi connectivity index (χ1v) is 5.41. The molecule has 0 aliphatic carbocycles. The lowest BCUT2D eigenvalue weighted by molar-refractivity contribution is 1.46. The highest BCUT2D eigenvalue weighted by Crippen LogP contribution is 2.24. The molecule has 74 valence electrons. The lowest BCUT2D eigenvalue weighted by atomic mass is 10.1. The van der Waals surface area contributed by atoms with Crippen LogP contribution >= 0.6 is 12.6 Å². The Morgan fingerprint density at radius 1 is 0.857 bits per heavy atom. The van der Waals surface area contributed by atoms with Gasteiger partial charge in [0.2, 0.25) is 0 Å². The quantitative estimate of drug-likeness (QED) is 0.602. The predicted molar refractivity (Wildman–Crippen MR) is 67.3 cm³/mol. The van der Waals surface area contributed by atoms with Crippen LogP contribution in [0.1, 0.15) is 19.4 Å². The van der Waals surface area contributed by atoms with Gasteiger partial charge >= 0.3 is 0 Å². The van der Waals surface area contributed by atoms with E-state index < -0.39 is 0 Å². The van der Waals surface area contributed by atoms with Crippen LogP contribution in [0, 0.1) is 6.92 Å². The molecule has 0 amide bonds. The van der Waals surface area contributed by atoms with Crippen molar-refractivity contribution in [3.8, 4) is 0 Å². The molecule has 0 atom stereocenters. The van der Waals surface area contributed by atoms with Crippen LogP contribution in [-0.2, 0) is 0 Å². The predicted octanol–water partition coefficient (Wildman–Crippen LogP) is 4.46. The zero-order valence-electron chi connectivity index (χ0n) is 8.91. The summed E-state index contributed by atoms with van der Waals surface area (Å²) >= 11 is 4.40. The van der Waals surface area contributed by atoms with E-state index in [2.05, 4.69) is 43.8 Å². The van der Waals surface area contributed by atoms with Gasteiger partial charge in [0.15, 0.2) is 0 Å². The van der Waals surface area contributed by atoms with Crippen molar-refractivity contribution in [3.63, 3.8) is 0 Å². The number of hydrogen-bond donors (Lipinski definition) is 1. The molecule has 0 nitrogen and oxygen atoms in total. The van der Waals surface area contributed by atoms with Crippen molar-refractivity contribution in [2.24, 2.45) is 0 Å². The van der Waals surface area contributed by atoms with Crippen molar-refractivity contribution in [3.05, 3.63) is 42.0 Å². The van der Waals surface area contributed by atoms with E-state index in [4.69, 9.17) is 0 Å².